The average molecular weight is 309 g/mol. The summed E-state index contributed by atoms with van der Waals surface area (Å²) in [5, 5.41) is 0. The Kier molecular flexibility index (Phi) is 5.29. The molecule has 0 saturated heterocycles. The molecule has 1 aliphatic rings. The van der Waals surface area contributed by atoms with E-state index in [1.54, 1.807) is 11.1 Å². The Labute approximate surface area is 120 Å². The van der Waals surface area contributed by atoms with Gasteiger partial charge in [0.2, 0.25) is 0 Å². The third-order valence-corrected chi connectivity index (χ3v) is 5.38. The molecule has 100 valence electrons. The molecule has 0 aliphatic heterocycles. The average Bonchev–Trinajstić information content (AvgIpc) is 2.50. The Morgan fingerprint density at radius 3 is 2.83 bits per heavy atom. The smallest absolute Gasteiger partial charge is 0.0426 e. The summed E-state index contributed by atoms with van der Waals surface area (Å²) in [5.41, 5.74) is 3.11. The number of benzene rings is 1. The summed E-state index contributed by atoms with van der Waals surface area (Å²) >= 11 is 3.97. The van der Waals surface area contributed by atoms with Gasteiger partial charge in [-0.15, -0.1) is 0 Å². The van der Waals surface area contributed by atoms with Crippen molar-refractivity contribution in [3.05, 3.63) is 35.4 Å². The van der Waals surface area contributed by atoms with Gasteiger partial charge in [-0.2, -0.15) is 0 Å². The summed E-state index contributed by atoms with van der Waals surface area (Å²) in [7, 11) is 0. The number of halogens is 1. The van der Waals surface area contributed by atoms with Gasteiger partial charge in [0.15, 0.2) is 0 Å². The maximum Gasteiger partial charge on any atom is 0.0426 e. The van der Waals surface area contributed by atoms with E-state index < -0.39 is 0 Å². The highest BCUT2D eigenvalue weighted by atomic mass is 79.9. The van der Waals surface area contributed by atoms with E-state index in [9.17, 15) is 0 Å². The largest absolute Gasteiger partial charge is 0.0836 e. The maximum absolute atomic E-state index is 3.97. The molecule has 2 rings (SSSR count). The number of aryl methyl sites for hydroxylation is 1. The number of hydrogen-bond donors (Lipinski definition) is 0. The number of rotatable bonds is 4. The van der Waals surface area contributed by atoms with Gasteiger partial charge in [-0.3, -0.25) is 0 Å². The minimum absolute atomic E-state index is 0.573. The number of alkyl halides is 1. The molecule has 0 N–H and O–H groups in total. The van der Waals surface area contributed by atoms with Crippen LogP contribution < -0.4 is 0 Å². The molecular weight excluding hydrogens is 284 g/mol. The fraction of sp³-hybridized carbons (Fsp3) is 0.647. The molecule has 0 saturated carbocycles. The second-order valence-electron chi connectivity index (χ2n) is 6.08. The molecule has 0 fully saturated rings. The van der Waals surface area contributed by atoms with Gasteiger partial charge in [-0.1, -0.05) is 66.9 Å². The zero-order valence-electron chi connectivity index (χ0n) is 11.7. The van der Waals surface area contributed by atoms with E-state index in [2.05, 4.69) is 54.0 Å². The summed E-state index contributed by atoms with van der Waals surface area (Å²) < 4.78 is 0. The van der Waals surface area contributed by atoms with Crippen LogP contribution in [0, 0.1) is 11.8 Å². The highest BCUT2D eigenvalue weighted by Crippen LogP contribution is 2.41. The summed E-state index contributed by atoms with van der Waals surface area (Å²) in [5.74, 6) is 1.67. The van der Waals surface area contributed by atoms with Gasteiger partial charge in [0.25, 0.3) is 0 Å². The molecule has 0 spiro atoms. The van der Waals surface area contributed by atoms with Crippen molar-refractivity contribution >= 4 is 15.9 Å². The van der Waals surface area contributed by atoms with Crippen LogP contribution in [0.25, 0.3) is 0 Å². The predicted octanol–water partition coefficient (Wildman–Crippen LogP) is 5.90. The van der Waals surface area contributed by atoms with Crippen LogP contribution in [0.2, 0.25) is 0 Å². The van der Waals surface area contributed by atoms with Crippen molar-refractivity contribution in [3.63, 3.8) is 0 Å². The van der Waals surface area contributed by atoms with Crippen molar-refractivity contribution in [1.29, 1.82) is 0 Å². The first kappa shape index (κ1) is 14.1. The molecule has 0 amide bonds. The van der Waals surface area contributed by atoms with E-state index in [1.807, 2.05) is 0 Å². The van der Waals surface area contributed by atoms with E-state index in [0.29, 0.717) is 4.83 Å². The van der Waals surface area contributed by atoms with E-state index >= 15 is 0 Å². The van der Waals surface area contributed by atoms with Crippen LogP contribution in [0.1, 0.15) is 61.9 Å². The number of hydrogen-bond acceptors (Lipinski definition) is 0. The molecule has 1 aromatic rings. The van der Waals surface area contributed by atoms with Crippen molar-refractivity contribution in [3.8, 4) is 0 Å². The first-order chi connectivity index (χ1) is 8.68. The molecule has 0 aromatic heterocycles. The summed E-state index contributed by atoms with van der Waals surface area (Å²) in [6.07, 6.45) is 8.13. The van der Waals surface area contributed by atoms with Crippen molar-refractivity contribution in [2.75, 3.05) is 0 Å². The monoisotopic (exact) mass is 308 g/mol. The zero-order chi connectivity index (χ0) is 13.0. The lowest BCUT2D eigenvalue weighted by atomic mass is 9.90. The van der Waals surface area contributed by atoms with E-state index in [0.717, 1.165) is 11.8 Å². The van der Waals surface area contributed by atoms with Gasteiger partial charge in [-0.25, -0.2) is 0 Å². The molecule has 1 aromatic carbocycles. The van der Waals surface area contributed by atoms with Crippen LogP contribution in [0.4, 0.5) is 0 Å². The van der Waals surface area contributed by atoms with Gasteiger partial charge < -0.3 is 0 Å². The fourth-order valence-electron chi connectivity index (χ4n) is 3.06. The second-order valence-corrected chi connectivity index (χ2v) is 7.06. The molecule has 18 heavy (non-hydrogen) atoms. The highest BCUT2D eigenvalue weighted by Gasteiger charge is 2.24. The van der Waals surface area contributed by atoms with Gasteiger partial charge in [0.05, 0.1) is 0 Å². The molecule has 2 unspecified atom stereocenters. The maximum atomic E-state index is 3.97. The van der Waals surface area contributed by atoms with Crippen LogP contribution in [-0.2, 0) is 6.42 Å². The standard InChI is InChI=1S/C17H25Br/c1-13(2)7-5-10-15-11-6-9-14-8-3-4-12-16(14)17(15)18/h3-4,8,12-13,15,17H,5-7,9-11H2,1-2H3. The Balaban J connectivity index is 2.01. The van der Waals surface area contributed by atoms with E-state index in [-0.39, 0.29) is 0 Å². The van der Waals surface area contributed by atoms with Crippen molar-refractivity contribution in [2.24, 2.45) is 11.8 Å². The fourth-order valence-corrected chi connectivity index (χ4v) is 4.04. The summed E-state index contributed by atoms with van der Waals surface area (Å²) in [6.45, 7) is 4.65. The second kappa shape index (κ2) is 6.75. The molecule has 0 radical (unpaired) electrons. The highest BCUT2D eigenvalue weighted by molar-refractivity contribution is 9.09. The SMILES string of the molecule is CC(C)CCCC1CCCc2ccccc2C1Br. The topological polar surface area (TPSA) is 0 Å². The van der Waals surface area contributed by atoms with Crippen LogP contribution in [0.15, 0.2) is 24.3 Å². The molecule has 0 heterocycles. The van der Waals surface area contributed by atoms with E-state index in [1.165, 1.54) is 38.5 Å². The lowest BCUT2D eigenvalue weighted by Gasteiger charge is -2.22. The van der Waals surface area contributed by atoms with Crippen LogP contribution >= 0.6 is 15.9 Å². The minimum atomic E-state index is 0.573. The predicted molar refractivity (Wildman–Crippen MR) is 83.2 cm³/mol. The van der Waals surface area contributed by atoms with Crippen molar-refractivity contribution < 1.29 is 0 Å². The summed E-state index contributed by atoms with van der Waals surface area (Å²) in [4.78, 5) is 0.573. The molecule has 0 bridgehead atoms. The van der Waals surface area contributed by atoms with Crippen molar-refractivity contribution in [1.82, 2.24) is 0 Å². The van der Waals surface area contributed by atoms with Crippen LogP contribution in [0.5, 0.6) is 0 Å². The normalized spacial score (nSPS) is 23.8. The number of fused-ring (bicyclic) bond motifs is 1. The Hall–Kier alpha value is -0.300. The van der Waals surface area contributed by atoms with Gasteiger partial charge in [0, 0.05) is 4.83 Å². The first-order valence-corrected chi connectivity index (χ1v) is 8.32. The van der Waals surface area contributed by atoms with Gasteiger partial charge in [0.1, 0.15) is 0 Å². The first-order valence-electron chi connectivity index (χ1n) is 7.40. The zero-order valence-corrected chi connectivity index (χ0v) is 13.2. The van der Waals surface area contributed by atoms with Gasteiger partial charge >= 0.3 is 0 Å². The molecule has 0 nitrogen and oxygen atoms in total. The van der Waals surface area contributed by atoms with Crippen LogP contribution in [0.3, 0.4) is 0 Å². The van der Waals surface area contributed by atoms with Crippen molar-refractivity contribution in [2.45, 2.75) is 57.2 Å². The van der Waals surface area contributed by atoms with Gasteiger partial charge in [-0.05, 0) is 48.6 Å². The lowest BCUT2D eigenvalue weighted by Crippen LogP contribution is -2.07. The molecular formula is C17H25Br. The molecule has 2 atom stereocenters. The minimum Gasteiger partial charge on any atom is -0.0836 e. The van der Waals surface area contributed by atoms with Crippen LogP contribution in [-0.4, -0.2) is 0 Å². The molecule has 1 heteroatoms. The quantitative estimate of drug-likeness (QED) is 0.480. The molecule has 1 aliphatic carbocycles. The summed E-state index contributed by atoms with van der Waals surface area (Å²) in [6, 6.07) is 8.98. The third-order valence-electron chi connectivity index (χ3n) is 4.14. The third kappa shape index (κ3) is 3.60. The lowest BCUT2D eigenvalue weighted by molar-refractivity contribution is 0.404. The Morgan fingerprint density at radius 1 is 1.28 bits per heavy atom. The van der Waals surface area contributed by atoms with E-state index in [4.69, 9.17) is 0 Å². The Bertz CT molecular complexity index is 370. The Morgan fingerprint density at radius 2 is 2.06 bits per heavy atom.